The fourth-order valence-corrected chi connectivity index (χ4v) is 3.04. The molecule has 1 heterocycles. The second-order valence-corrected chi connectivity index (χ2v) is 7.08. The number of hydrogen-bond acceptors (Lipinski definition) is 3. The molecule has 3 nitrogen and oxygen atoms in total. The number of nitrogens with two attached hydrogens (primary N) is 1. The van der Waals surface area contributed by atoms with Crippen LogP contribution in [0, 0.1) is 0 Å². The molecule has 0 saturated carbocycles. The molecular weight excluding hydrogens is 316 g/mol. The van der Waals surface area contributed by atoms with Crippen molar-refractivity contribution in [2.45, 2.75) is 45.2 Å². The van der Waals surface area contributed by atoms with Crippen molar-refractivity contribution >= 4 is 21.6 Å². The lowest BCUT2D eigenvalue weighted by molar-refractivity contribution is 0.0643. The van der Waals surface area contributed by atoms with E-state index in [-0.39, 0.29) is 11.6 Å². The van der Waals surface area contributed by atoms with Gasteiger partial charge in [0.15, 0.2) is 0 Å². The van der Waals surface area contributed by atoms with Gasteiger partial charge in [0.1, 0.15) is 0 Å². The molecule has 1 aromatic rings. The van der Waals surface area contributed by atoms with Crippen LogP contribution >= 0.6 is 15.9 Å². The van der Waals surface area contributed by atoms with Crippen LogP contribution in [0.1, 0.15) is 32.8 Å². The first-order valence-corrected chi connectivity index (χ1v) is 8.12. The summed E-state index contributed by atoms with van der Waals surface area (Å²) in [6.45, 7) is 9.08. The molecular formula is C16H25BrN2O. The van der Waals surface area contributed by atoms with Gasteiger partial charge in [-0.15, -0.1) is 0 Å². The van der Waals surface area contributed by atoms with Crippen molar-refractivity contribution < 1.29 is 4.74 Å². The van der Waals surface area contributed by atoms with Crippen LogP contribution in [0.5, 0.6) is 0 Å². The van der Waals surface area contributed by atoms with E-state index in [2.05, 4.69) is 59.8 Å². The Morgan fingerprint density at radius 1 is 1.45 bits per heavy atom. The molecule has 0 aliphatic carbocycles. The van der Waals surface area contributed by atoms with E-state index < -0.39 is 0 Å². The SMILES string of the molecule is CCC(N)Cc1ccc(Br)cc1N1CCOCC1(C)C. The fraction of sp³-hybridized carbons (Fsp3) is 0.625. The number of ether oxygens (including phenoxy) is 1. The third-order valence-electron chi connectivity index (χ3n) is 3.99. The summed E-state index contributed by atoms with van der Waals surface area (Å²) in [5.74, 6) is 0. The van der Waals surface area contributed by atoms with E-state index in [1.807, 2.05) is 0 Å². The highest BCUT2D eigenvalue weighted by atomic mass is 79.9. The Morgan fingerprint density at radius 2 is 2.20 bits per heavy atom. The average Bonchev–Trinajstić information content (AvgIpc) is 2.40. The molecule has 1 fully saturated rings. The van der Waals surface area contributed by atoms with E-state index in [9.17, 15) is 0 Å². The maximum atomic E-state index is 6.15. The van der Waals surface area contributed by atoms with E-state index in [1.165, 1.54) is 11.3 Å². The van der Waals surface area contributed by atoms with Gasteiger partial charge in [-0.25, -0.2) is 0 Å². The first-order chi connectivity index (χ1) is 9.44. The van der Waals surface area contributed by atoms with Crippen LogP contribution in [0.4, 0.5) is 5.69 Å². The molecule has 112 valence electrons. The minimum absolute atomic E-state index is 0.0180. The number of rotatable bonds is 4. The summed E-state index contributed by atoms with van der Waals surface area (Å²) in [7, 11) is 0. The van der Waals surface area contributed by atoms with Crippen LogP contribution in [0.25, 0.3) is 0 Å². The number of anilines is 1. The molecule has 2 N–H and O–H groups in total. The Morgan fingerprint density at radius 3 is 2.85 bits per heavy atom. The third kappa shape index (κ3) is 3.54. The van der Waals surface area contributed by atoms with Gasteiger partial charge >= 0.3 is 0 Å². The topological polar surface area (TPSA) is 38.5 Å². The Kier molecular flexibility index (Phi) is 5.10. The predicted molar refractivity (Wildman–Crippen MR) is 88.4 cm³/mol. The molecule has 1 aliphatic rings. The lowest BCUT2D eigenvalue weighted by Gasteiger charge is -2.44. The smallest absolute Gasteiger partial charge is 0.0694 e. The van der Waals surface area contributed by atoms with Crippen LogP contribution < -0.4 is 10.6 Å². The molecule has 0 bridgehead atoms. The summed E-state index contributed by atoms with van der Waals surface area (Å²) in [5, 5.41) is 0. The summed E-state index contributed by atoms with van der Waals surface area (Å²) in [5.41, 5.74) is 8.79. The molecule has 1 saturated heterocycles. The molecule has 1 unspecified atom stereocenters. The summed E-state index contributed by atoms with van der Waals surface area (Å²) >= 11 is 3.59. The molecule has 1 atom stereocenters. The van der Waals surface area contributed by atoms with Crippen molar-refractivity contribution in [1.29, 1.82) is 0 Å². The largest absolute Gasteiger partial charge is 0.377 e. The van der Waals surface area contributed by atoms with E-state index in [0.29, 0.717) is 0 Å². The first-order valence-electron chi connectivity index (χ1n) is 7.33. The van der Waals surface area contributed by atoms with Crippen LogP contribution in [-0.4, -0.2) is 31.3 Å². The van der Waals surface area contributed by atoms with E-state index in [0.717, 1.165) is 37.1 Å². The van der Waals surface area contributed by atoms with E-state index in [1.54, 1.807) is 0 Å². The maximum Gasteiger partial charge on any atom is 0.0694 e. The zero-order valence-corrected chi connectivity index (χ0v) is 14.2. The fourth-order valence-electron chi connectivity index (χ4n) is 2.69. The number of nitrogens with zero attached hydrogens (tertiary/aromatic N) is 1. The molecule has 20 heavy (non-hydrogen) atoms. The number of hydrogen-bond donors (Lipinski definition) is 1. The predicted octanol–water partition coefficient (Wildman–Crippen LogP) is 3.34. The quantitative estimate of drug-likeness (QED) is 0.913. The highest BCUT2D eigenvalue weighted by Gasteiger charge is 2.32. The van der Waals surface area contributed by atoms with Crippen molar-refractivity contribution in [2.24, 2.45) is 5.73 Å². The lowest BCUT2D eigenvalue weighted by Crippen LogP contribution is -2.53. The first kappa shape index (κ1) is 15.8. The molecule has 0 aromatic heterocycles. The van der Waals surface area contributed by atoms with Crippen molar-refractivity contribution in [3.05, 3.63) is 28.2 Å². The highest BCUT2D eigenvalue weighted by molar-refractivity contribution is 9.10. The minimum Gasteiger partial charge on any atom is -0.377 e. The van der Waals surface area contributed by atoms with Gasteiger partial charge in [-0.3, -0.25) is 0 Å². The van der Waals surface area contributed by atoms with Crippen molar-refractivity contribution in [3.63, 3.8) is 0 Å². The van der Waals surface area contributed by atoms with Gasteiger partial charge < -0.3 is 15.4 Å². The van der Waals surface area contributed by atoms with Crippen molar-refractivity contribution in [2.75, 3.05) is 24.7 Å². The molecule has 0 amide bonds. The summed E-state index contributed by atoms with van der Waals surface area (Å²) in [6.07, 6.45) is 1.93. The van der Waals surface area contributed by atoms with Gasteiger partial charge in [-0.2, -0.15) is 0 Å². The Labute approximate surface area is 130 Å². The van der Waals surface area contributed by atoms with Gasteiger partial charge in [0, 0.05) is 22.7 Å². The Hall–Kier alpha value is -0.580. The Bertz CT molecular complexity index is 462. The minimum atomic E-state index is 0.0180. The summed E-state index contributed by atoms with van der Waals surface area (Å²) in [4.78, 5) is 2.46. The summed E-state index contributed by atoms with van der Waals surface area (Å²) in [6, 6.07) is 6.74. The van der Waals surface area contributed by atoms with Gasteiger partial charge in [0.05, 0.1) is 18.8 Å². The highest BCUT2D eigenvalue weighted by Crippen LogP contribution is 2.33. The van der Waals surface area contributed by atoms with Gasteiger partial charge in [-0.1, -0.05) is 28.9 Å². The van der Waals surface area contributed by atoms with Gasteiger partial charge in [0.25, 0.3) is 0 Å². The van der Waals surface area contributed by atoms with Crippen molar-refractivity contribution in [1.82, 2.24) is 0 Å². The van der Waals surface area contributed by atoms with Crippen LogP contribution in [0.3, 0.4) is 0 Å². The average molecular weight is 341 g/mol. The molecule has 1 aliphatic heterocycles. The Balaban J connectivity index is 2.35. The van der Waals surface area contributed by atoms with Gasteiger partial charge in [0.2, 0.25) is 0 Å². The zero-order chi connectivity index (χ0) is 14.8. The number of morpholine rings is 1. The number of benzene rings is 1. The van der Waals surface area contributed by atoms with Crippen LogP contribution in [0.2, 0.25) is 0 Å². The molecule has 0 spiro atoms. The van der Waals surface area contributed by atoms with Crippen LogP contribution in [-0.2, 0) is 11.2 Å². The van der Waals surface area contributed by atoms with E-state index in [4.69, 9.17) is 10.5 Å². The molecule has 4 heteroatoms. The standard InChI is InChI=1S/C16H25BrN2O/c1-4-14(18)9-12-5-6-13(17)10-15(12)19-7-8-20-11-16(19,2)3/h5-6,10,14H,4,7-9,11,18H2,1-3H3. The molecule has 0 radical (unpaired) electrons. The molecule has 2 rings (SSSR count). The van der Waals surface area contributed by atoms with Crippen molar-refractivity contribution in [3.8, 4) is 0 Å². The monoisotopic (exact) mass is 340 g/mol. The maximum absolute atomic E-state index is 6.15. The van der Waals surface area contributed by atoms with Gasteiger partial charge in [-0.05, 0) is 44.4 Å². The summed E-state index contributed by atoms with van der Waals surface area (Å²) < 4.78 is 6.75. The van der Waals surface area contributed by atoms with Crippen LogP contribution in [0.15, 0.2) is 22.7 Å². The third-order valence-corrected chi connectivity index (χ3v) is 4.48. The lowest BCUT2D eigenvalue weighted by atomic mass is 9.97. The second kappa shape index (κ2) is 6.46. The zero-order valence-electron chi connectivity index (χ0n) is 12.7. The normalized spacial score (nSPS) is 19.9. The molecule has 1 aromatic carbocycles. The van der Waals surface area contributed by atoms with E-state index >= 15 is 0 Å². The second-order valence-electron chi connectivity index (χ2n) is 6.16. The number of halogens is 1.